The molecule has 0 bridgehead atoms. The number of nitrogens with zero attached hydrogens (tertiary/aromatic N) is 1. The summed E-state index contributed by atoms with van der Waals surface area (Å²) in [5.74, 6) is 0. The molecule has 14 heavy (non-hydrogen) atoms. The maximum absolute atomic E-state index is 4.39. The number of hydrogen-bond acceptors (Lipinski definition) is 1. The van der Waals surface area contributed by atoms with Crippen molar-refractivity contribution in [3.63, 3.8) is 0 Å². The van der Waals surface area contributed by atoms with E-state index in [0.717, 1.165) is 6.54 Å². The molecular formula is C12H11NSe. The molecule has 0 spiro atoms. The van der Waals surface area contributed by atoms with E-state index in [2.05, 4.69) is 33.1 Å². The van der Waals surface area contributed by atoms with Crippen molar-refractivity contribution in [1.82, 2.24) is 0 Å². The Kier molecular flexibility index (Phi) is 3.33. The van der Waals surface area contributed by atoms with Crippen LogP contribution in [0.25, 0.3) is 0 Å². The third kappa shape index (κ3) is 2.69. The molecule has 1 aromatic heterocycles. The third-order valence-corrected chi connectivity index (χ3v) is 3.37. The van der Waals surface area contributed by atoms with Crippen LogP contribution in [0.5, 0.6) is 0 Å². The van der Waals surface area contributed by atoms with Gasteiger partial charge in [-0.1, -0.05) is 0 Å². The van der Waals surface area contributed by atoms with Gasteiger partial charge in [-0.2, -0.15) is 0 Å². The molecule has 0 saturated heterocycles. The van der Waals surface area contributed by atoms with Gasteiger partial charge in [0.1, 0.15) is 0 Å². The van der Waals surface area contributed by atoms with Gasteiger partial charge in [0.05, 0.1) is 0 Å². The van der Waals surface area contributed by atoms with Crippen LogP contribution in [0.4, 0.5) is 0 Å². The van der Waals surface area contributed by atoms with E-state index in [1.54, 1.807) is 0 Å². The fraction of sp³-hybridized carbons (Fsp3) is 0.0833. The van der Waals surface area contributed by atoms with Crippen LogP contribution >= 0.6 is 0 Å². The molecule has 1 heterocycles. The minimum atomic E-state index is 0.564. The standard InChI is InChI=1S/C12H11NSe/c1-2-4-11(5-3-1)8-13-9-12-6-7-14-10-12/h1-7,9-10H,8H2. The van der Waals surface area contributed by atoms with Crippen LogP contribution < -0.4 is 0 Å². The van der Waals surface area contributed by atoms with Crippen LogP contribution in [0.15, 0.2) is 51.3 Å². The van der Waals surface area contributed by atoms with Crippen molar-refractivity contribution in [3.8, 4) is 0 Å². The summed E-state index contributed by atoms with van der Waals surface area (Å²) < 4.78 is 0. The van der Waals surface area contributed by atoms with Crippen LogP contribution in [0.1, 0.15) is 11.1 Å². The van der Waals surface area contributed by atoms with Gasteiger partial charge in [-0.3, -0.25) is 0 Å². The van der Waals surface area contributed by atoms with E-state index in [1.807, 2.05) is 24.4 Å². The first-order chi connectivity index (χ1) is 6.95. The van der Waals surface area contributed by atoms with Gasteiger partial charge in [0, 0.05) is 0 Å². The van der Waals surface area contributed by atoms with Gasteiger partial charge in [-0.05, 0) is 0 Å². The van der Waals surface area contributed by atoms with Crippen molar-refractivity contribution in [2.24, 2.45) is 4.99 Å². The zero-order valence-corrected chi connectivity index (χ0v) is 9.47. The summed E-state index contributed by atoms with van der Waals surface area (Å²) >= 11 is 0.564. The zero-order valence-electron chi connectivity index (χ0n) is 7.76. The Hall–Kier alpha value is -1.11. The van der Waals surface area contributed by atoms with Gasteiger partial charge >= 0.3 is 89.7 Å². The molecule has 0 fully saturated rings. The Morgan fingerprint density at radius 3 is 2.71 bits per heavy atom. The van der Waals surface area contributed by atoms with Crippen LogP contribution in [-0.4, -0.2) is 20.7 Å². The van der Waals surface area contributed by atoms with Crippen molar-refractivity contribution in [3.05, 3.63) is 57.4 Å². The fourth-order valence-electron chi connectivity index (χ4n) is 1.19. The van der Waals surface area contributed by atoms with Crippen molar-refractivity contribution < 1.29 is 0 Å². The summed E-state index contributed by atoms with van der Waals surface area (Å²) in [7, 11) is 0. The Labute approximate surface area is 89.9 Å². The quantitative estimate of drug-likeness (QED) is 0.584. The van der Waals surface area contributed by atoms with Gasteiger partial charge in [0.25, 0.3) is 0 Å². The molecule has 0 saturated carbocycles. The van der Waals surface area contributed by atoms with E-state index < -0.39 is 0 Å². The van der Waals surface area contributed by atoms with Crippen LogP contribution in [0.3, 0.4) is 0 Å². The molecule has 2 heteroatoms. The molecule has 0 atom stereocenters. The molecule has 2 rings (SSSR count). The normalized spacial score (nSPS) is 10.9. The van der Waals surface area contributed by atoms with Crippen LogP contribution in [-0.2, 0) is 6.54 Å². The van der Waals surface area contributed by atoms with Crippen molar-refractivity contribution in [2.45, 2.75) is 6.54 Å². The predicted molar refractivity (Wildman–Crippen MR) is 61.1 cm³/mol. The third-order valence-electron chi connectivity index (χ3n) is 1.90. The fourth-order valence-corrected chi connectivity index (χ4v) is 2.47. The number of rotatable bonds is 3. The molecule has 1 aromatic carbocycles. The number of aliphatic imine (C=N–C) groups is 1. The van der Waals surface area contributed by atoms with E-state index in [9.17, 15) is 0 Å². The molecule has 0 N–H and O–H groups in total. The van der Waals surface area contributed by atoms with Gasteiger partial charge in [0.2, 0.25) is 0 Å². The number of benzene rings is 1. The van der Waals surface area contributed by atoms with Crippen molar-refractivity contribution in [2.75, 3.05) is 0 Å². The van der Waals surface area contributed by atoms with Gasteiger partial charge in [-0.15, -0.1) is 0 Å². The van der Waals surface area contributed by atoms with E-state index in [1.165, 1.54) is 11.1 Å². The topological polar surface area (TPSA) is 12.4 Å². The molecule has 0 unspecified atom stereocenters. The monoisotopic (exact) mass is 249 g/mol. The van der Waals surface area contributed by atoms with Crippen LogP contribution in [0, 0.1) is 0 Å². The molecule has 0 amide bonds. The second-order valence-corrected chi connectivity index (χ2v) is 4.65. The Morgan fingerprint density at radius 1 is 1.14 bits per heavy atom. The molecule has 70 valence electrons. The van der Waals surface area contributed by atoms with E-state index in [0.29, 0.717) is 14.5 Å². The summed E-state index contributed by atoms with van der Waals surface area (Å²) in [5.41, 5.74) is 2.51. The summed E-state index contributed by atoms with van der Waals surface area (Å²) in [6.45, 7) is 0.777. The molecule has 1 nitrogen and oxygen atoms in total. The minimum absolute atomic E-state index is 0.564. The zero-order chi connectivity index (χ0) is 9.64. The first-order valence-electron chi connectivity index (χ1n) is 4.51. The molecule has 2 aromatic rings. The first kappa shape index (κ1) is 9.44. The summed E-state index contributed by atoms with van der Waals surface area (Å²) in [6, 6.07) is 12.4. The molecule has 0 aliphatic carbocycles. The van der Waals surface area contributed by atoms with Crippen LogP contribution in [0.2, 0.25) is 0 Å². The SMILES string of the molecule is C(=NCc1ccccc1)c1cc[se]c1. The van der Waals surface area contributed by atoms with Gasteiger partial charge < -0.3 is 0 Å². The Balaban J connectivity index is 1.95. The van der Waals surface area contributed by atoms with E-state index in [4.69, 9.17) is 0 Å². The summed E-state index contributed by atoms with van der Waals surface area (Å²) in [4.78, 5) is 8.83. The second kappa shape index (κ2) is 4.94. The van der Waals surface area contributed by atoms with E-state index >= 15 is 0 Å². The Morgan fingerprint density at radius 2 is 2.00 bits per heavy atom. The second-order valence-electron chi connectivity index (χ2n) is 3.01. The summed E-state index contributed by atoms with van der Waals surface area (Å²) in [5, 5.41) is 0. The van der Waals surface area contributed by atoms with Crippen molar-refractivity contribution in [1.29, 1.82) is 0 Å². The van der Waals surface area contributed by atoms with E-state index in [-0.39, 0.29) is 0 Å². The maximum atomic E-state index is 4.39. The van der Waals surface area contributed by atoms with Gasteiger partial charge in [0.15, 0.2) is 0 Å². The summed E-state index contributed by atoms with van der Waals surface area (Å²) in [6.07, 6.45) is 1.96. The average Bonchev–Trinajstić information content (AvgIpc) is 2.72. The molecule has 0 aliphatic heterocycles. The molecule has 0 aliphatic rings. The van der Waals surface area contributed by atoms with Gasteiger partial charge in [-0.25, -0.2) is 0 Å². The van der Waals surface area contributed by atoms with Crippen molar-refractivity contribution >= 4 is 20.7 Å². The Bertz CT molecular complexity index is 390. The molecule has 0 radical (unpaired) electrons. The first-order valence-corrected chi connectivity index (χ1v) is 6.49. The predicted octanol–water partition coefficient (Wildman–Crippen LogP) is 2.36. The number of hydrogen-bond donors (Lipinski definition) is 0. The average molecular weight is 248 g/mol. The molecular weight excluding hydrogens is 237 g/mol.